The van der Waals surface area contributed by atoms with E-state index in [1.165, 1.54) is 0 Å². The van der Waals surface area contributed by atoms with Crippen molar-refractivity contribution < 1.29 is 9.90 Å². The lowest BCUT2D eigenvalue weighted by atomic mass is 9.84. The summed E-state index contributed by atoms with van der Waals surface area (Å²) in [5.74, 6) is 0.307. The van der Waals surface area contributed by atoms with Crippen molar-refractivity contribution in [1.82, 2.24) is 0 Å². The Morgan fingerprint density at radius 3 is 2.47 bits per heavy atom. The Kier molecular flexibility index (Phi) is 3.43. The van der Waals surface area contributed by atoms with Crippen molar-refractivity contribution in [3.63, 3.8) is 0 Å². The summed E-state index contributed by atoms with van der Waals surface area (Å²) in [7, 11) is 0. The lowest BCUT2D eigenvalue weighted by Crippen LogP contribution is -2.35. The van der Waals surface area contributed by atoms with Crippen LogP contribution in [-0.4, -0.2) is 17.6 Å². The van der Waals surface area contributed by atoms with Crippen LogP contribution >= 0.6 is 0 Å². The van der Waals surface area contributed by atoms with Gasteiger partial charge < -0.3 is 10.0 Å². The summed E-state index contributed by atoms with van der Waals surface area (Å²) in [5, 5.41) is 10.2. The molecule has 1 aromatic carbocycles. The molecule has 0 fully saturated rings. The molecule has 0 saturated carbocycles. The van der Waals surface area contributed by atoms with Gasteiger partial charge in [0.1, 0.15) is 0 Å². The van der Waals surface area contributed by atoms with Gasteiger partial charge in [0.25, 0.3) is 0 Å². The number of hydrogen-bond acceptors (Lipinski definition) is 2. The number of likely N-dealkylation sites (N-methyl/N-ethyl adjacent to an activating group) is 1. The van der Waals surface area contributed by atoms with E-state index in [-0.39, 0.29) is 11.8 Å². The third-order valence-electron chi connectivity index (χ3n) is 4.05. The van der Waals surface area contributed by atoms with Crippen LogP contribution in [-0.2, 0) is 10.2 Å². The zero-order valence-electron chi connectivity index (χ0n) is 12.4. The van der Waals surface area contributed by atoms with Gasteiger partial charge in [0.2, 0.25) is 5.91 Å². The summed E-state index contributed by atoms with van der Waals surface area (Å²) >= 11 is 0. The molecule has 19 heavy (non-hydrogen) atoms. The molecule has 0 bridgehead atoms. The van der Waals surface area contributed by atoms with Crippen LogP contribution in [0.25, 0.3) is 0 Å². The molecule has 3 nitrogen and oxygen atoms in total. The average molecular weight is 261 g/mol. The largest absolute Gasteiger partial charge is 0.388 e. The SMILES string of the molecule is CCN1C(=O)C(C)(C)c2cc(C(O)C(C)C)ccc21. The number of benzene rings is 1. The molecular weight excluding hydrogens is 238 g/mol. The fourth-order valence-electron chi connectivity index (χ4n) is 2.73. The van der Waals surface area contributed by atoms with Crippen molar-refractivity contribution >= 4 is 11.6 Å². The molecule has 0 aromatic heterocycles. The minimum Gasteiger partial charge on any atom is -0.388 e. The minimum absolute atomic E-state index is 0.140. The monoisotopic (exact) mass is 261 g/mol. The van der Waals surface area contributed by atoms with E-state index in [1.807, 2.05) is 57.7 Å². The molecule has 1 aliphatic rings. The highest BCUT2D eigenvalue weighted by molar-refractivity contribution is 6.07. The van der Waals surface area contributed by atoms with Gasteiger partial charge in [-0.2, -0.15) is 0 Å². The summed E-state index contributed by atoms with van der Waals surface area (Å²) < 4.78 is 0. The number of aliphatic hydroxyl groups excluding tert-OH is 1. The molecule has 1 aliphatic heterocycles. The Labute approximate surface area is 115 Å². The van der Waals surface area contributed by atoms with Gasteiger partial charge in [0.15, 0.2) is 0 Å². The number of carbonyl (C=O) groups excluding carboxylic acids is 1. The second kappa shape index (κ2) is 4.64. The van der Waals surface area contributed by atoms with Crippen LogP contribution < -0.4 is 4.90 Å². The predicted molar refractivity (Wildman–Crippen MR) is 77.3 cm³/mol. The number of aliphatic hydroxyl groups is 1. The Morgan fingerprint density at radius 2 is 1.95 bits per heavy atom. The molecule has 1 aromatic rings. The van der Waals surface area contributed by atoms with Crippen molar-refractivity contribution in [1.29, 1.82) is 0 Å². The Balaban J connectivity index is 2.52. The minimum atomic E-state index is -0.502. The molecule has 104 valence electrons. The Bertz CT molecular complexity index is 505. The molecule has 0 aliphatic carbocycles. The molecule has 1 atom stereocenters. The molecule has 1 amide bonds. The van der Waals surface area contributed by atoms with Crippen molar-refractivity contribution in [3.8, 4) is 0 Å². The molecule has 0 spiro atoms. The summed E-state index contributed by atoms with van der Waals surface area (Å²) in [5.41, 5.74) is 2.40. The first kappa shape index (κ1) is 14.1. The molecule has 1 heterocycles. The number of fused-ring (bicyclic) bond motifs is 1. The first-order valence-electron chi connectivity index (χ1n) is 6.95. The molecular formula is C16H23NO2. The third kappa shape index (κ3) is 2.06. The summed E-state index contributed by atoms with van der Waals surface area (Å²) in [4.78, 5) is 14.2. The lowest BCUT2D eigenvalue weighted by Gasteiger charge is -2.19. The van der Waals surface area contributed by atoms with Crippen molar-refractivity contribution in [3.05, 3.63) is 29.3 Å². The van der Waals surface area contributed by atoms with E-state index in [1.54, 1.807) is 0 Å². The van der Waals surface area contributed by atoms with Gasteiger partial charge in [-0.05, 0) is 43.9 Å². The first-order valence-corrected chi connectivity index (χ1v) is 6.95. The Morgan fingerprint density at radius 1 is 1.32 bits per heavy atom. The van der Waals surface area contributed by atoms with Crippen LogP contribution in [0.15, 0.2) is 18.2 Å². The summed E-state index contributed by atoms with van der Waals surface area (Å²) in [6.07, 6.45) is -0.480. The smallest absolute Gasteiger partial charge is 0.237 e. The number of rotatable bonds is 3. The predicted octanol–water partition coefficient (Wildman–Crippen LogP) is 3.02. The van der Waals surface area contributed by atoms with Crippen LogP contribution in [0.2, 0.25) is 0 Å². The maximum atomic E-state index is 12.4. The van der Waals surface area contributed by atoms with E-state index in [4.69, 9.17) is 0 Å². The van der Waals surface area contributed by atoms with Gasteiger partial charge >= 0.3 is 0 Å². The number of carbonyl (C=O) groups is 1. The van der Waals surface area contributed by atoms with Gasteiger partial charge in [-0.1, -0.05) is 26.0 Å². The number of amides is 1. The van der Waals surface area contributed by atoms with Gasteiger partial charge in [-0.15, -0.1) is 0 Å². The zero-order valence-corrected chi connectivity index (χ0v) is 12.4. The second-order valence-corrected chi connectivity index (χ2v) is 6.14. The fraction of sp³-hybridized carbons (Fsp3) is 0.562. The molecule has 1 unspecified atom stereocenters. The molecule has 1 N–H and O–H groups in total. The van der Waals surface area contributed by atoms with Gasteiger partial charge in [-0.25, -0.2) is 0 Å². The van der Waals surface area contributed by atoms with Crippen molar-refractivity contribution in [2.24, 2.45) is 5.92 Å². The standard InChI is InChI=1S/C16H23NO2/c1-6-17-13-8-7-11(14(18)10(2)3)9-12(13)16(4,5)15(17)19/h7-10,14,18H,6H2,1-5H3. The van der Waals surface area contributed by atoms with E-state index in [0.717, 1.165) is 16.8 Å². The maximum absolute atomic E-state index is 12.4. The number of hydrogen-bond donors (Lipinski definition) is 1. The van der Waals surface area contributed by atoms with Gasteiger partial charge in [-0.3, -0.25) is 4.79 Å². The van der Waals surface area contributed by atoms with Crippen LogP contribution in [0.5, 0.6) is 0 Å². The summed E-state index contributed by atoms with van der Waals surface area (Å²) in [6, 6.07) is 5.89. The highest BCUT2D eigenvalue weighted by Crippen LogP contribution is 2.42. The van der Waals surface area contributed by atoms with E-state index < -0.39 is 11.5 Å². The summed E-state index contributed by atoms with van der Waals surface area (Å²) in [6.45, 7) is 10.6. The highest BCUT2D eigenvalue weighted by Gasteiger charge is 2.43. The maximum Gasteiger partial charge on any atom is 0.237 e. The molecule has 3 heteroatoms. The van der Waals surface area contributed by atoms with E-state index in [2.05, 4.69) is 0 Å². The lowest BCUT2D eigenvalue weighted by molar-refractivity contribution is -0.122. The van der Waals surface area contributed by atoms with E-state index in [9.17, 15) is 9.90 Å². The van der Waals surface area contributed by atoms with E-state index >= 15 is 0 Å². The number of nitrogens with zero attached hydrogens (tertiary/aromatic N) is 1. The van der Waals surface area contributed by atoms with Crippen LogP contribution in [0, 0.1) is 5.92 Å². The normalized spacial score (nSPS) is 18.9. The average Bonchev–Trinajstić information content (AvgIpc) is 2.56. The fourth-order valence-corrected chi connectivity index (χ4v) is 2.73. The molecule has 0 saturated heterocycles. The quantitative estimate of drug-likeness (QED) is 0.908. The zero-order chi connectivity index (χ0) is 14.4. The molecule has 0 radical (unpaired) electrons. The van der Waals surface area contributed by atoms with E-state index in [0.29, 0.717) is 6.54 Å². The van der Waals surface area contributed by atoms with Crippen LogP contribution in [0.1, 0.15) is 51.8 Å². The Hall–Kier alpha value is -1.35. The van der Waals surface area contributed by atoms with Crippen molar-refractivity contribution in [2.75, 3.05) is 11.4 Å². The van der Waals surface area contributed by atoms with Crippen LogP contribution in [0.4, 0.5) is 5.69 Å². The topological polar surface area (TPSA) is 40.5 Å². The van der Waals surface area contributed by atoms with Crippen LogP contribution in [0.3, 0.4) is 0 Å². The number of anilines is 1. The second-order valence-electron chi connectivity index (χ2n) is 6.14. The van der Waals surface area contributed by atoms with Gasteiger partial charge in [0, 0.05) is 12.2 Å². The van der Waals surface area contributed by atoms with Gasteiger partial charge in [0.05, 0.1) is 11.5 Å². The van der Waals surface area contributed by atoms with Crippen molar-refractivity contribution in [2.45, 2.75) is 46.1 Å². The highest BCUT2D eigenvalue weighted by atomic mass is 16.3. The third-order valence-corrected chi connectivity index (χ3v) is 4.05. The first-order chi connectivity index (χ1) is 8.80. The molecule has 2 rings (SSSR count).